The highest BCUT2D eigenvalue weighted by molar-refractivity contribution is 5.81. The summed E-state index contributed by atoms with van der Waals surface area (Å²) < 4.78 is 5.31. The fourth-order valence-electron chi connectivity index (χ4n) is 2.03. The van der Waals surface area contributed by atoms with Crippen LogP contribution in [0.25, 0.3) is 0 Å². The topological polar surface area (TPSA) is 67.6 Å². The van der Waals surface area contributed by atoms with Gasteiger partial charge in [-0.1, -0.05) is 20.3 Å². The van der Waals surface area contributed by atoms with Crippen LogP contribution in [0.4, 0.5) is 0 Å². The van der Waals surface area contributed by atoms with E-state index in [-0.39, 0.29) is 11.8 Å². The van der Waals surface area contributed by atoms with Gasteiger partial charge in [0.25, 0.3) is 0 Å². The van der Waals surface area contributed by atoms with E-state index in [9.17, 15) is 4.79 Å². The molecular formula is C13H27N3O2. The van der Waals surface area contributed by atoms with Crippen LogP contribution in [0.2, 0.25) is 0 Å². The number of ether oxygens (including phenoxy) is 1. The minimum Gasteiger partial charge on any atom is -0.379 e. The minimum absolute atomic E-state index is 0.0375. The second-order valence-corrected chi connectivity index (χ2v) is 5.15. The summed E-state index contributed by atoms with van der Waals surface area (Å²) in [5.74, 6) is 0.188. The predicted octanol–water partition coefficient (Wildman–Crippen LogP) is 0.197. The summed E-state index contributed by atoms with van der Waals surface area (Å²) in [6.45, 7) is 10.3. The molecule has 1 heterocycles. The molecule has 0 aromatic heterocycles. The van der Waals surface area contributed by atoms with Crippen LogP contribution in [0, 0.1) is 5.92 Å². The van der Waals surface area contributed by atoms with Crippen LogP contribution >= 0.6 is 0 Å². The lowest BCUT2D eigenvalue weighted by Crippen LogP contribution is -2.51. The van der Waals surface area contributed by atoms with E-state index in [0.717, 1.165) is 32.7 Å². The fourth-order valence-corrected chi connectivity index (χ4v) is 2.03. The van der Waals surface area contributed by atoms with Gasteiger partial charge in [-0.15, -0.1) is 0 Å². The molecule has 0 bridgehead atoms. The zero-order valence-corrected chi connectivity index (χ0v) is 11.8. The number of hydrogen-bond donors (Lipinski definition) is 2. The summed E-state index contributed by atoms with van der Waals surface area (Å²) in [5.41, 5.74) is 5.89. The van der Waals surface area contributed by atoms with Crippen LogP contribution < -0.4 is 11.1 Å². The van der Waals surface area contributed by atoms with Crippen LogP contribution in [0.1, 0.15) is 27.2 Å². The maximum Gasteiger partial charge on any atom is 0.237 e. The van der Waals surface area contributed by atoms with Gasteiger partial charge in [0.2, 0.25) is 5.91 Å². The Morgan fingerprint density at radius 2 is 2.00 bits per heavy atom. The summed E-state index contributed by atoms with van der Waals surface area (Å²) in [4.78, 5) is 14.2. The van der Waals surface area contributed by atoms with Gasteiger partial charge >= 0.3 is 0 Å². The van der Waals surface area contributed by atoms with Gasteiger partial charge in [-0.2, -0.15) is 0 Å². The average Bonchev–Trinajstić information content (AvgIpc) is 2.43. The molecule has 1 saturated heterocycles. The molecule has 1 amide bonds. The highest BCUT2D eigenvalue weighted by atomic mass is 16.5. The first kappa shape index (κ1) is 15.4. The zero-order chi connectivity index (χ0) is 13.5. The Kier molecular flexibility index (Phi) is 6.60. The van der Waals surface area contributed by atoms with Crippen LogP contribution in [0.3, 0.4) is 0 Å². The molecule has 3 atom stereocenters. The summed E-state index contributed by atoms with van der Waals surface area (Å²) in [6.07, 6.45) is 0.924. The number of hydrogen-bond acceptors (Lipinski definition) is 4. The Morgan fingerprint density at radius 3 is 2.56 bits per heavy atom. The molecule has 0 spiro atoms. The third-order valence-corrected chi connectivity index (χ3v) is 3.80. The van der Waals surface area contributed by atoms with Gasteiger partial charge in [0.1, 0.15) is 0 Å². The number of rotatable bonds is 6. The van der Waals surface area contributed by atoms with E-state index in [0.29, 0.717) is 12.6 Å². The molecule has 3 unspecified atom stereocenters. The standard InChI is InChI=1S/C13H27N3O2/c1-4-10(2)12(14)13(17)15-9-11(3)16-5-7-18-8-6-16/h10-12H,4-9,14H2,1-3H3,(H,15,17). The average molecular weight is 257 g/mol. The van der Waals surface area contributed by atoms with Gasteiger partial charge < -0.3 is 15.8 Å². The normalized spacial score (nSPS) is 22.2. The molecule has 0 aromatic rings. The number of nitrogens with two attached hydrogens (primary N) is 1. The van der Waals surface area contributed by atoms with Crippen molar-refractivity contribution in [3.05, 3.63) is 0 Å². The van der Waals surface area contributed by atoms with Crippen LogP contribution in [0.15, 0.2) is 0 Å². The number of carbonyl (C=O) groups excluding carboxylic acids is 1. The summed E-state index contributed by atoms with van der Waals surface area (Å²) >= 11 is 0. The molecule has 106 valence electrons. The lowest BCUT2D eigenvalue weighted by molar-refractivity contribution is -0.123. The smallest absolute Gasteiger partial charge is 0.237 e. The zero-order valence-electron chi connectivity index (χ0n) is 11.8. The first-order valence-electron chi connectivity index (χ1n) is 6.91. The maximum atomic E-state index is 11.9. The summed E-state index contributed by atoms with van der Waals surface area (Å²) in [6, 6.07) is -0.0612. The van der Waals surface area contributed by atoms with Gasteiger partial charge in [0.15, 0.2) is 0 Å². The molecule has 5 nitrogen and oxygen atoms in total. The summed E-state index contributed by atoms with van der Waals surface area (Å²) in [5, 5.41) is 2.95. The van der Waals surface area contributed by atoms with Gasteiger partial charge in [-0.25, -0.2) is 0 Å². The van der Waals surface area contributed by atoms with Crippen molar-refractivity contribution in [1.82, 2.24) is 10.2 Å². The lowest BCUT2D eigenvalue weighted by atomic mass is 9.99. The van der Waals surface area contributed by atoms with Gasteiger partial charge in [0.05, 0.1) is 19.3 Å². The maximum absolute atomic E-state index is 11.9. The molecule has 1 fully saturated rings. The largest absolute Gasteiger partial charge is 0.379 e. The van der Waals surface area contributed by atoms with Crippen molar-refractivity contribution in [2.24, 2.45) is 11.7 Å². The number of amides is 1. The Morgan fingerprint density at radius 1 is 1.39 bits per heavy atom. The van der Waals surface area contributed by atoms with E-state index in [1.165, 1.54) is 0 Å². The van der Waals surface area contributed by atoms with Gasteiger partial charge in [-0.05, 0) is 12.8 Å². The van der Waals surface area contributed by atoms with Crippen molar-refractivity contribution in [1.29, 1.82) is 0 Å². The lowest BCUT2D eigenvalue weighted by Gasteiger charge is -2.32. The molecule has 0 saturated carbocycles. The molecule has 1 aliphatic heterocycles. The van der Waals surface area contributed by atoms with E-state index in [4.69, 9.17) is 10.5 Å². The van der Waals surface area contributed by atoms with Crippen molar-refractivity contribution in [2.75, 3.05) is 32.8 Å². The quantitative estimate of drug-likeness (QED) is 0.713. The molecule has 5 heteroatoms. The SMILES string of the molecule is CCC(C)C(N)C(=O)NCC(C)N1CCOCC1. The molecule has 1 aliphatic rings. The first-order valence-corrected chi connectivity index (χ1v) is 6.91. The van der Waals surface area contributed by atoms with Crippen molar-refractivity contribution in [2.45, 2.75) is 39.3 Å². The Hall–Kier alpha value is -0.650. The summed E-state index contributed by atoms with van der Waals surface area (Å²) in [7, 11) is 0. The van der Waals surface area contributed by atoms with Gasteiger partial charge in [0, 0.05) is 25.7 Å². The molecule has 18 heavy (non-hydrogen) atoms. The van der Waals surface area contributed by atoms with Crippen molar-refractivity contribution < 1.29 is 9.53 Å². The Balaban J connectivity index is 2.28. The molecular weight excluding hydrogens is 230 g/mol. The fraction of sp³-hybridized carbons (Fsp3) is 0.923. The van der Waals surface area contributed by atoms with Gasteiger partial charge in [-0.3, -0.25) is 9.69 Å². The third kappa shape index (κ3) is 4.55. The second-order valence-electron chi connectivity index (χ2n) is 5.15. The number of morpholine rings is 1. The number of carbonyl (C=O) groups is 1. The van der Waals surface area contributed by atoms with E-state index in [2.05, 4.69) is 17.1 Å². The van der Waals surface area contributed by atoms with E-state index >= 15 is 0 Å². The second kappa shape index (κ2) is 7.71. The molecule has 0 aliphatic carbocycles. The first-order chi connectivity index (χ1) is 8.56. The minimum atomic E-state index is -0.396. The van der Waals surface area contributed by atoms with E-state index in [1.54, 1.807) is 0 Å². The molecule has 1 rings (SSSR count). The number of nitrogens with one attached hydrogen (secondary N) is 1. The molecule has 0 radical (unpaired) electrons. The number of nitrogens with zero attached hydrogens (tertiary/aromatic N) is 1. The Bertz CT molecular complexity index is 255. The van der Waals surface area contributed by atoms with Crippen molar-refractivity contribution in [3.63, 3.8) is 0 Å². The highest BCUT2D eigenvalue weighted by Gasteiger charge is 2.21. The molecule has 3 N–H and O–H groups in total. The predicted molar refractivity (Wildman–Crippen MR) is 72.3 cm³/mol. The van der Waals surface area contributed by atoms with Crippen LogP contribution in [-0.2, 0) is 9.53 Å². The Labute approximate surface area is 110 Å². The highest BCUT2D eigenvalue weighted by Crippen LogP contribution is 2.06. The van der Waals surface area contributed by atoms with Crippen molar-refractivity contribution in [3.8, 4) is 0 Å². The van der Waals surface area contributed by atoms with E-state index < -0.39 is 6.04 Å². The van der Waals surface area contributed by atoms with E-state index in [1.807, 2.05) is 13.8 Å². The van der Waals surface area contributed by atoms with Crippen LogP contribution in [0.5, 0.6) is 0 Å². The molecule has 0 aromatic carbocycles. The van der Waals surface area contributed by atoms with Crippen LogP contribution in [-0.4, -0.2) is 55.7 Å². The van der Waals surface area contributed by atoms with Crippen molar-refractivity contribution >= 4 is 5.91 Å². The third-order valence-electron chi connectivity index (χ3n) is 3.80. The monoisotopic (exact) mass is 257 g/mol.